The Morgan fingerprint density at radius 2 is 1.96 bits per heavy atom. The van der Waals surface area contributed by atoms with Crippen LogP contribution in [0, 0.1) is 19.7 Å². The Kier molecular flexibility index (Phi) is 4.79. The fourth-order valence-electron chi connectivity index (χ4n) is 3.57. The number of likely N-dealkylation sites (tertiary alicyclic amines) is 1. The quantitative estimate of drug-likeness (QED) is 0.935. The lowest BCUT2D eigenvalue weighted by atomic mass is 9.88. The molecule has 3 heteroatoms. The number of nitrogens with two attached hydrogens (primary N) is 1. The molecule has 1 saturated heterocycles. The first kappa shape index (κ1) is 16.2. The summed E-state index contributed by atoms with van der Waals surface area (Å²) in [5.74, 6) is 0.141. The number of benzene rings is 2. The molecule has 1 heterocycles. The van der Waals surface area contributed by atoms with E-state index in [4.69, 9.17) is 5.73 Å². The second-order valence-corrected chi connectivity index (χ2v) is 6.87. The van der Waals surface area contributed by atoms with Crippen molar-refractivity contribution in [2.45, 2.75) is 38.8 Å². The molecule has 122 valence electrons. The molecular formula is C20H25FN2. The lowest BCUT2D eigenvalue weighted by Crippen LogP contribution is -2.45. The zero-order valence-corrected chi connectivity index (χ0v) is 13.9. The van der Waals surface area contributed by atoms with Gasteiger partial charge in [0.05, 0.1) is 0 Å². The highest BCUT2D eigenvalue weighted by Crippen LogP contribution is 2.28. The van der Waals surface area contributed by atoms with Gasteiger partial charge in [-0.15, -0.1) is 0 Å². The molecule has 0 aliphatic carbocycles. The highest BCUT2D eigenvalue weighted by atomic mass is 19.1. The van der Waals surface area contributed by atoms with E-state index in [-0.39, 0.29) is 11.9 Å². The summed E-state index contributed by atoms with van der Waals surface area (Å²) in [7, 11) is 0. The molecule has 2 nitrogen and oxygen atoms in total. The summed E-state index contributed by atoms with van der Waals surface area (Å²) in [5, 5.41) is 0. The molecule has 2 atom stereocenters. The number of hydrogen-bond acceptors (Lipinski definition) is 2. The molecule has 2 N–H and O–H groups in total. The SMILES string of the molecule is Cc1ccc(C)c(CN2CC(N)CC(c3cccc(F)c3)C2)c1. The van der Waals surface area contributed by atoms with Gasteiger partial charge in [-0.2, -0.15) is 0 Å². The first-order chi connectivity index (χ1) is 11.0. The van der Waals surface area contributed by atoms with Gasteiger partial charge in [0.1, 0.15) is 5.82 Å². The van der Waals surface area contributed by atoms with Crippen LogP contribution in [0.1, 0.15) is 34.6 Å². The molecule has 0 radical (unpaired) electrons. The minimum absolute atomic E-state index is 0.141. The van der Waals surface area contributed by atoms with Crippen molar-refractivity contribution in [1.82, 2.24) is 4.90 Å². The second kappa shape index (κ2) is 6.81. The smallest absolute Gasteiger partial charge is 0.123 e. The van der Waals surface area contributed by atoms with Crippen molar-refractivity contribution in [3.63, 3.8) is 0 Å². The Morgan fingerprint density at radius 1 is 1.13 bits per heavy atom. The Balaban J connectivity index is 1.76. The number of aryl methyl sites for hydroxylation is 2. The topological polar surface area (TPSA) is 29.3 Å². The van der Waals surface area contributed by atoms with Crippen molar-refractivity contribution in [1.29, 1.82) is 0 Å². The van der Waals surface area contributed by atoms with Crippen LogP contribution in [0.2, 0.25) is 0 Å². The van der Waals surface area contributed by atoms with E-state index in [1.807, 2.05) is 6.07 Å². The average Bonchev–Trinajstić information content (AvgIpc) is 2.50. The molecular weight excluding hydrogens is 287 g/mol. The standard InChI is InChI=1S/C20H25FN2/c1-14-6-7-15(2)17(8-14)11-23-12-18(10-20(22)13-23)16-4-3-5-19(21)9-16/h3-9,18,20H,10-13,22H2,1-2H3. The second-order valence-electron chi connectivity index (χ2n) is 6.87. The molecule has 0 saturated carbocycles. The molecule has 2 aromatic carbocycles. The summed E-state index contributed by atoms with van der Waals surface area (Å²) in [4.78, 5) is 2.41. The monoisotopic (exact) mass is 312 g/mol. The molecule has 0 aromatic heterocycles. The predicted octanol–water partition coefficient (Wildman–Crippen LogP) is 3.76. The van der Waals surface area contributed by atoms with E-state index in [1.165, 1.54) is 22.8 Å². The number of piperidine rings is 1. The van der Waals surface area contributed by atoms with Crippen molar-refractivity contribution in [3.05, 3.63) is 70.5 Å². The third-order valence-electron chi connectivity index (χ3n) is 4.78. The molecule has 0 amide bonds. The van der Waals surface area contributed by atoms with Crippen LogP contribution in [-0.2, 0) is 6.54 Å². The van der Waals surface area contributed by atoms with E-state index in [9.17, 15) is 4.39 Å². The van der Waals surface area contributed by atoms with Gasteiger partial charge in [-0.05, 0) is 55.0 Å². The van der Waals surface area contributed by atoms with Crippen molar-refractivity contribution in [3.8, 4) is 0 Å². The normalized spacial score (nSPS) is 22.3. The van der Waals surface area contributed by atoms with Gasteiger partial charge in [0.15, 0.2) is 0 Å². The lowest BCUT2D eigenvalue weighted by molar-refractivity contribution is 0.181. The molecule has 0 bridgehead atoms. The van der Waals surface area contributed by atoms with E-state index in [0.29, 0.717) is 5.92 Å². The Bertz CT molecular complexity index is 683. The maximum absolute atomic E-state index is 13.5. The molecule has 3 rings (SSSR count). The van der Waals surface area contributed by atoms with Crippen LogP contribution in [-0.4, -0.2) is 24.0 Å². The summed E-state index contributed by atoms with van der Waals surface area (Å²) in [6.45, 7) is 7.03. The zero-order valence-electron chi connectivity index (χ0n) is 13.9. The highest BCUT2D eigenvalue weighted by Gasteiger charge is 2.26. The summed E-state index contributed by atoms with van der Waals surface area (Å²) >= 11 is 0. The van der Waals surface area contributed by atoms with Crippen molar-refractivity contribution in [2.75, 3.05) is 13.1 Å². The number of rotatable bonds is 3. The molecule has 2 unspecified atom stereocenters. The van der Waals surface area contributed by atoms with Crippen molar-refractivity contribution >= 4 is 0 Å². The van der Waals surface area contributed by atoms with E-state index in [2.05, 4.69) is 36.9 Å². The van der Waals surface area contributed by atoms with Crippen LogP contribution in [0.3, 0.4) is 0 Å². The van der Waals surface area contributed by atoms with Crippen LogP contribution in [0.4, 0.5) is 4.39 Å². The molecule has 1 aliphatic rings. The Morgan fingerprint density at radius 3 is 2.74 bits per heavy atom. The first-order valence-electron chi connectivity index (χ1n) is 8.31. The van der Waals surface area contributed by atoms with Crippen molar-refractivity contribution < 1.29 is 4.39 Å². The van der Waals surface area contributed by atoms with E-state index in [0.717, 1.165) is 31.6 Å². The Hall–Kier alpha value is -1.71. The van der Waals surface area contributed by atoms with Gasteiger partial charge < -0.3 is 5.73 Å². The molecule has 1 fully saturated rings. The lowest BCUT2D eigenvalue weighted by Gasteiger charge is -2.37. The number of halogens is 1. The first-order valence-corrected chi connectivity index (χ1v) is 8.31. The zero-order chi connectivity index (χ0) is 16.4. The highest BCUT2D eigenvalue weighted by molar-refractivity contribution is 5.30. The van der Waals surface area contributed by atoms with Crippen LogP contribution in [0.25, 0.3) is 0 Å². The largest absolute Gasteiger partial charge is 0.327 e. The van der Waals surface area contributed by atoms with Gasteiger partial charge in [0.2, 0.25) is 0 Å². The fraction of sp³-hybridized carbons (Fsp3) is 0.400. The third-order valence-corrected chi connectivity index (χ3v) is 4.78. The molecule has 2 aromatic rings. The maximum Gasteiger partial charge on any atom is 0.123 e. The molecule has 0 spiro atoms. The average molecular weight is 312 g/mol. The van der Waals surface area contributed by atoms with E-state index >= 15 is 0 Å². The fourth-order valence-corrected chi connectivity index (χ4v) is 3.57. The molecule has 23 heavy (non-hydrogen) atoms. The maximum atomic E-state index is 13.5. The van der Waals surface area contributed by atoms with Crippen molar-refractivity contribution in [2.24, 2.45) is 5.73 Å². The molecule has 1 aliphatic heterocycles. The van der Waals surface area contributed by atoms with Crippen LogP contribution in [0.5, 0.6) is 0 Å². The number of hydrogen-bond donors (Lipinski definition) is 1. The summed E-state index contributed by atoms with van der Waals surface area (Å²) in [6.07, 6.45) is 0.923. The van der Waals surface area contributed by atoms with Crippen LogP contribution < -0.4 is 5.73 Å². The van der Waals surface area contributed by atoms with Gasteiger partial charge in [-0.3, -0.25) is 4.90 Å². The summed E-state index contributed by atoms with van der Waals surface area (Å²) < 4.78 is 13.5. The van der Waals surface area contributed by atoms with Gasteiger partial charge in [0.25, 0.3) is 0 Å². The van der Waals surface area contributed by atoms with Gasteiger partial charge in [-0.1, -0.05) is 35.9 Å². The van der Waals surface area contributed by atoms with Gasteiger partial charge in [0, 0.05) is 25.7 Å². The Labute approximate surface area is 138 Å². The number of nitrogens with zero attached hydrogens (tertiary/aromatic N) is 1. The van der Waals surface area contributed by atoms with Gasteiger partial charge >= 0.3 is 0 Å². The third kappa shape index (κ3) is 3.98. The summed E-state index contributed by atoms with van der Waals surface area (Å²) in [6, 6.07) is 13.7. The van der Waals surface area contributed by atoms with E-state index < -0.39 is 0 Å². The van der Waals surface area contributed by atoms with Crippen LogP contribution in [0.15, 0.2) is 42.5 Å². The van der Waals surface area contributed by atoms with Crippen LogP contribution >= 0.6 is 0 Å². The summed E-state index contributed by atoms with van der Waals surface area (Å²) in [5.41, 5.74) is 11.3. The minimum Gasteiger partial charge on any atom is -0.327 e. The predicted molar refractivity (Wildman–Crippen MR) is 92.9 cm³/mol. The minimum atomic E-state index is -0.164. The van der Waals surface area contributed by atoms with Gasteiger partial charge in [-0.25, -0.2) is 4.39 Å². The van der Waals surface area contributed by atoms with E-state index in [1.54, 1.807) is 12.1 Å².